The zero-order valence-electron chi connectivity index (χ0n) is 11.5. The lowest BCUT2D eigenvalue weighted by molar-refractivity contribution is 0.570. The van der Waals surface area contributed by atoms with Crippen molar-refractivity contribution < 1.29 is 8.42 Å². The number of nitrogens with one attached hydrogen (secondary N) is 2. The largest absolute Gasteiger partial charge is 0.382 e. The van der Waals surface area contributed by atoms with Crippen LogP contribution in [0.1, 0.15) is 27.2 Å². The van der Waals surface area contributed by atoms with Crippen LogP contribution in [0.2, 0.25) is 0 Å². The normalized spacial score (nSPS) is 13.0. The predicted molar refractivity (Wildman–Crippen MR) is 78.4 cm³/mol. The summed E-state index contributed by atoms with van der Waals surface area (Å²) in [6.45, 7) is 5.55. The SMILES string of the molecule is C#CCC(C)Nc1ccc(S(=O)(=O)NC(C)C)cc1. The summed E-state index contributed by atoms with van der Waals surface area (Å²) >= 11 is 0. The molecule has 19 heavy (non-hydrogen) atoms. The second-order valence-corrected chi connectivity index (χ2v) is 6.47. The van der Waals surface area contributed by atoms with E-state index in [9.17, 15) is 8.42 Å². The first-order valence-electron chi connectivity index (χ1n) is 6.17. The molecule has 0 amide bonds. The van der Waals surface area contributed by atoms with E-state index in [1.165, 1.54) is 0 Å². The third-order valence-electron chi connectivity index (χ3n) is 2.39. The maximum absolute atomic E-state index is 11.9. The topological polar surface area (TPSA) is 58.2 Å². The molecule has 1 rings (SSSR count). The van der Waals surface area contributed by atoms with E-state index in [4.69, 9.17) is 6.42 Å². The average molecular weight is 280 g/mol. The van der Waals surface area contributed by atoms with Crippen molar-refractivity contribution in [3.05, 3.63) is 24.3 Å². The smallest absolute Gasteiger partial charge is 0.240 e. The quantitative estimate of drug-likeness (QED) is 0.785. The molecule has 1 aromatic carbocycles. The van der Waals surface area contributed by atoms with Crippen LogP contribution >= 0.6 is 0 Å². The van der Waals surface area contributed by atoms with Gasteiger partial charge in [-0.15, -0.1) is 12.3 Å². The van der Waals surface area contributed by atoms with Crippen LogP contribution in [0.25, 0.3) is 0 Å². The van der Waals surface area contributed by atoms with Gasteiger partial charge in [-0.2, -0.15) is 0 Å². The Hall–Kier alpha value is -1.51. The number of anilines is 1. The Morgan fingerprint density at radius 2 is 1.79 bits per heavy atom. The van der Waals surface area contributed by atoms with Gasteiger partial charge in [-0.3, -0.25) is 0 Å². The average Bonchev–Trinajstić information content (AvgIpc) is 2.28. The number of rotatable bonds is 6. The Kier molecular flexibility index (Phi) is 5.40. The van der Waals surface area contributed by atoms with Gasteiger partial charge in [0.1, 0.15) is 0 Å². The van der Waals surface area contributed by atoms with Gasteiger partial charge in [0.25, 0.3) is 0 Å². The lowest BCUT2D eigenvalue weighted by Gasteiger charge is -2.13. The van der Waals surface area contributed by atoms with E-state index in [0.29, 0.717) is 6.42 Å². The van der Waals surface area contributed by atoms with E-state index in [0.717, 1.165) is 5.69 Å². The van der Waals surface area contributed by atoms with E-state index >= 15 is 0 Å². The highest BCUT2D eigenvalue weighted by Crippen LogP contribution is 2.15. The molecule has 0 spiro atoms. The molecule has 104 valence electrons. The molecule has 0 aromatic heterocycles. The predicted octanol–water partition coefficient (Wildman–Crippen LogP) is 2.20. The highest BCUT2D eigenvalue weighted by molar-refractivity contribution is 7.89. The zero-order chi connectivity index (χ0) is 14.5. The minimum atomic E-state index is -3.43. The summed E-state index contributed by atoms with van der Waals surface area (Å²) < 4.78 is 26.4. The summed E-state index contributed by atoms with van der Waals surface area (Å²) in [5.74, 6) is 2.58. The summed E-state index contributed by atoms with van der Waals surface area (Å²) in [6.07, 6.45) is 5.85. The van der Waals surface area contributed by atoms with E-state index in [1.54, 1.807) is 38.1 Å². The Bertz CT molecular complexity index is 542. The number of hydrogen-bond acceptors (Lipinski definition) is 3. The van der Waals surface area contributed by atoms with Crippen LogP contribution in [0.15, 0.2) is 29.2 Å². The number of terminal acetylenes is 1. The Balaban J connectivity index is 2.80. The molecule has 0 heterocycles. The molecule has 4 nitrogen and oxygen atoms in total. The molecule has 1 unspecified atom stereocenters. The first kappa shape index (κ1) is 15.5. The van der Waals surface area contributed by atoms with Crippen LogP contribution in [0.4, 0.5) is 5.69 Å². The summed E-state index contributed by atoms with van der Waals surface area (Å²) in [6, 6.07) is 6.66. The van der Waals surface area contributed by atoms with Crippen molar-refractivity contribution in [1.82, 2.24) is 4.72 Å². The Morgan fingerprint density at radius 3 is 2.26 bits per heavy atom. The van der Waals surface area contributed by atoms with Gasteiger partial charge >= 0.3 is 0 Å². The molecule has 0 aliphatic heterocycles. The van der Waals surface area contributed by atoms with Gasteiger partial charge < -0.3 is 5.32 Å². The minimum absolute atomic E-state index is 0.126. The second-order valence-electron chi connectivity index (χ2n) is 4.75. The molecular weight excluding hydrogens is 260 g/mol. The molecule has 0 aliphatic rings. The molecule has 0 bridgehead atoms. The molecule has 1 atom stereocenters. The van der Waals surface area contributed by atoms with E-state index in [-0.39, 0.29) is 17.0 Å². The monoisotopic (exact) mass is 280 g/mol. The summed E-state index contributed by atoms with van der Waals surface area (Å²) in [5.41, 5.74) is 0.853. The van der Waals surface area contributed by atoms with E-state index < -0.39 is 10.0 Å². The molecule has 0 saturated carbocycles. The van der Waals surface area contributed by atoms with Crippen molar-refractivity contribution in [3.63, 3.8) is 0 Å². The van der Waals surface area contributed by atoms with Crippen LogP contribution in [0.5, 0.6) is 0 Å². The van der Waals surface area contributed by atoms with E-state index in [1.807, 2.05) is 6.92 Å². The van der Waals surface area contributed by atoms with Gasteiger partial charge in [0, 0.05) is 24.2 Å². The van der Waals surface area contributed by atoms with Crippen molar-refractivity contribution in [2.45, 2.75) is 44.2 Å². The van der Waals surface area contributed by atoms with Gasteiger partial charge in [0.2, 0.25) is 10.0 Å². The van der Waals surface area contributed by atoms with Crippen LogP contribution in [-0.4, -0.2) is 20.5 Å². The van der Waals surface area contributed by atoms with Crippen LogP contribution in [-0.2, 0) is 10.0 Å². The second kappa shape index (κ2) is 6.60. The van der Waals surface area contributed by atoms with Gasteiger partial charge in [0.15, 0.2) is 0 Å². The molecule has 2 N–H and O–H groups in total. The highest BCUT2D eigenvalue weighted by atomic mass is 32.2. The first-order chi connectivity index (χ1) is 8.85. The van der Waals surface area contributed by atoms with Gasteiger partial charge in [-0.05, 0) is 45.0 Å². The highest BCUT2D eigenvalue weighted by Gasteiger charge is 2.14. The zero-order valence-corrected chi connectivity index (χ0v) is 12.3. The fraction of sp³-hybridized carbons (Fsp3) is 0.429. The summed E-state index contributed by atoms with van der Waals surface area (Å²) in [5, 5.41) is 3.20. The molecule has 0 saturated heterocycles. The van der Waals surface area contributed by atoms with Crippen LogP contribution in [0, 0.1) is 12.3 Å². The van der Waals surface area contributed by atoms with Gasteiger partial charge in [-0.25, -0.2) is 13.1 Å². The van der Waals surface area contributed by atoms with Crippen LogP contribution < -0.4 is 10.0 Å². The maximum atomic E-state index is 11.9. The lowest BCUT2D eigenvalue weighted by atomic mass is 10.2. The molecule has 0 radical (unpaired) electrons. The van der Waals surface area contributed by atoms with Crippen molar-refractivity contribution >= 4 is 15.7 Å². The fourth-order valence-electron chi connectivity index (χ4n) is 1.62. The Morgan fingerprint density at radius 1 is 1.21 bits per heavy atom. The van der Waals surface area contributed by atoms with Crippen molar-refractivity contribution in [2.24, 2.45) is 0 Å². The third-order valence-corrected chi connectivity index (χ3v) is 4.07. The molecule has 0 aliphatic carbocycles. The van der Waals surface area contributed by atoms with Crippen molar-refractivity contribution in [1.29, 1.82) is 0 Å². The number of sulfonamides is 1. The number of benzene rings is 1. The third kappa shape index (κ3) is 4.93. The molecule has 1 aromatic rings. The van der Waals surface area contributed by atoms with Crippen molar-refractivity contribution in [3.8, 4) is 12.3 Å². The minimum Gasteiger partial charge on any atom is -0.382 e. The number of hydrogen-bond donors (Lipinski definition) is 2. The van der Waals surface area contributed by atoms with Crippen LogP contribution in [0.3, 0.4) is 0 Å². The Labute approximate surface area is 115 Å². The van der Waals surface area contributed by atoms with Gasteiger partial charge in [-0.1, -0.05) is 0 Å². The lowest BCUT2D eigenvalue weighted by Crippen LogP contribution is -2.30. The molecule has 0 fully saturated rings. The van der Waals surface area contributed by atoms with E-state index in [2.05, 4.69) is 16.0 Å². The molecule has 5 heteroatoms. The van der Waals surface area contributed by atoms with Gasteiger partial charge in [0.05, 0.1) is 4.90 Å². The molecular formula is C14H20N2O2S. The van der Waals surface area contributed by atoms with Crippen molar-refractivity contribution in [2.75, 3.05) is 5.32 Å². The fourth-order valence-corrected chi connectivity index (χ4v) is 2.87. The maximum Gasteiger partial charge on any atom is 0.240 e. The first-order valence-corrected chi connectivity index (χ1v) is 7.66. The summed E-state index contributed by atoms with van der Waals surface area (Å²) in [7, 11) is -3.43. The standard InChI is InChI=1S/C14H20N2O2S/c1-5-6-12(4)15-13-7-9-14(10-8-13)19(17,18)16-11(2)3/h1,7-12,15-16H,6H2,2-4H3. The summed E-state index contributed by atoms with van der Waals surface area (Å²) in [4.78, 5) is 0.261.